The third-order valence-electron chi connectivity index (χ3n) is 2.87. The van der Waals surface area contributed by atoms with Crippen molar-refractivity contribution in [2.24, 2.45) is 0 Å². The van der Waals surface area contributed by atoms with Gasteiger partial charge in [-0.3, -0.25) is 0 Å². The van der Waals surface area contributed by atoms with Crippen molar-refractivity contribution in [3.05, 3.63) is 34.9 Å². The molecule has 0 atom stereocenters. The molecule has 0 aromatic heterocycles. The Kier molecular flexibility index (Phi) is 2.69. The summed E-state index contributed by atoms with van der Waals surface area (Å²) in [5.41, 5.74) is 3.82. The Morgan fingerprint density at radius 1 is 1.38 bits per heavy atom. The second kappa shape index (κ2) is 4.00. The summed E-state index contributed by atoms with van der Waals surface area (Å²) in [5.74, 6) is -0.544. The number of aromatic hydroxyl groups is 1. The zero-order chi connectivity index (χ0) is 11.7. The maximum absolute atomic E-state index is 11.4. The van der Waals surface area contributed by atoms with Crippen molar-refractivity contribution >= 4 is 11.5 Å². The van der Waals surface area contributed by atoms with E-state index in [-0.39, 0.29) is 11.3 Å². The first-order valence-electron chi connectivity index (χ1n) is 5.24. The number of benzene rings is 1. The zero-order valence-corrected chi connectivity index (χ0v) is 9.41. The lowest BCUT2D eigenvalue weighted by molar-refractivity contribution is 0.0597. The van der Waals surface area contributed by atoms with E-state index in [0.29, 0.717) is 0 Å². The van der Waals surface area contributed by atoms with Crippen molar-refractivity contribution in [1.82, 2.24) is 0 Å². The van der Waals surface area contributed by atoms with Gasteiger partial charge in [0.15, 0.2) is 0 Å². The predicted molar refractivity (Wildman–Crippen MR) is 61.3 cm³/mol. The number of rotatable bonds is 2. The van der Waals surface area contributed by atoms with Crippen LogP contribution in [-0.4, -0.2) is 18.2 Å². The molecule has 0 heterocycles. The fraction of sp³-hybridized carbons (Fsp3) is 0.308. The summed E-state index contributed by atoms with van der Waals surface area (Å²) in [6, 6.07) is 5.04. The number of hydrogen-bond acceptors (Lipinski definition) is 3. The van der Waals surface area contributed by atoms with Gasteiger partial charge in [-0.15, -0.1) is 0 Å². The van der Waals surface area contributed by atoms with Gasteiger partial charge < -0.3 is 9.84 Å². The molecule has 3 heteroatoms. The Morgan fingerprint density at radius 3 is 2.62 bits per heavy atom. The van der Waals surface area contributed by atoms with Crippen molar-refractivity contribution in [3.63, 3.8) is 0 Å². The van der Waals surface area contributed by atoms with E-state index in [1.54, 1.807) is 6.07 Å². The normalized spacial score (nSPS) is 13.5. The molecule has 0 saturated heterocycles. The number of phenols is 1. The van der Waals surface area contributed by atoms with E-state index in [0.717, 1.165) is 18.4 Å². The Morgan fingerprint density at radius 2 is 2.06 bits per heavy atom. The number of allylic oxidation sites excluding steroid dienone is 2. The fourth-order valence-electron chi connectivity index (χ4n) is 1.68. The van der Waals surface area contributed by atoms with Crippen LogP contribution in [0.3, 0.4) is 0 Å². The van der Waals surface area contributed by atoms with E-state index in [1.165, 1.54) is 24.3 Å². The fourth-order valence-corrected chi connectivity index (χ4v) is 1.68. The van der Waals surface area contributed by atoms with Gasteiger partial charge in [0.2, 0.25) is 0 Å². The summed E-state index contributed by atoms with van der Waals surface area (Å²) in [5, 5.41) is 9.56. The van der Waals surface area contributed by atoms with Crippen LogP contribution in [0.4, 0.5) is 0 Å². The van der Waals surface area contributed by atoms with Crippen LogP contribution in [0, 0.1) is 0 Å². The monoisotopic (exact) mass is 218 g/mol. The third-order valence-corrected chi connectivity index (χ3v) is 2.87. The molecular formula is C13H14O3. The first-order valence-corrected chi connectivity index (χ1v) is 5.24. The summed E-state index contributed by atoms with van der Waals surface area (Å²) in [4.78, 5) is 11.4. The molecule has 0 amide bonds. The van der Waals surface area contributed by atoms with Crippen LogP contribution in [0.5, 0.6) is 5.75 Å². The average molecular weight is 218 g/mol. The highest BCUT2D eigenvalue weighted by Gasteiger charge is 2.18. The minimum atomic E-state index is -0.507. The number of ether oxygens (including phenoxy) is 1. The highest BCUT2D eigenvalue weighted by Crippen LogP contribution is 2.36. The van der Waals surface area contributed by atoms with Gasteiger partial charge in [-0.25, -0.2) is 4.79 Å². The number of esters is 1. The van der Waals surface area contributed by atoms with E-state index in [1.807, 2.05) is 13.0 Å². The lowest BCUT2D eigenvalue weighted by Crippen LogP contribution is -2.02. The SMILES string of the molecule is COC(=O)c1cc(C(C)=C2CC2)ccc1O. The summed E-state index contributed by atoms with van der Waals surface area (Å²) >= 11 is 0. The van der Waals surface area contributed by atoms with Crippen molar-refractivity contribution in [2.45, 2.75) is 19.8 Å². The summed E-state index contributed by atoms with van der Waals surface area (Å²) < 4.78 is 4.61. The van der Waals surface area contributed by atoms with Crippen molar-refractivity contribution in [3.8, 4) is 5.75 Å². The van der Waals surface area contributed by atoms with Gasteiger partial charge in [0.25, 0.3) is 0 Å². The molecule has 2 rings (SSSR count). The van der Waals surface area contributed by atoms with E-state index < -0.39 is 5.97 Å². The van der Waals surface area contributed by atoms with Gasteiger partial charge in [0, 0.05) is 0 Å². The molecule has 1 aromatic carbocycles. The molecule has 0 spiro atoms. The number of phenolic OH excluding ortho intramolecular Hbond substituents is 1. The molecule has 0 bridgehead atoms. The first kappa shape index (κ1) is 10.7. The molecular weight excluding hydrogens is 204 g/mol. The number of methoxy groups -OCH3 is 1. The molecule has 1 fully saturated rings. The van der Waals surface area contributed by atoms with Crippen LogP contribution in [0.1, 0.15) is 35.7 Å². The molecule has 0 unspecified atom stereocenters. The lowest BCUT2D eigenvalue weighted by atomic mass is 10.0. The maximum Gasteiger partial charge on any atom is 0.341 e. The van der Waals surface area contributed by atoms with Crippen molar-refractivity contribution in [2.75, 3.05) is 7.11 Å². The number of carbonyl (C=O) groups is 1. The Labute approximate surface area is 94.4 Å². The molecule has 0 radical (unpaired) electrons. The molecule has 1 aliphatic carbocycles. The second-order valence-electron chi connectivity index (χ2n) is 3.95. The maximum atomic E-state index is 11.4. The van der Waals surface area contributed by atoms with Crippen LogP contribution in [0.25, 0.3) is 5.57 Å². The molecule has 1 N–H and O–H groups in total. The molecule has 3 nitrogen and oxygen atoms in total. The Balaban J connectivity index is 2.43. The summed E-state index contributed by atoms with van der Waals surface area (Å²) in [6.07, 6.45) is 2.28. The second-order valence-corrected chi connectivity index (χ2v) is 3.95. The molecule has 0 aliphatic heterocycles. The number of carbonyl (C=O) groups excluding carboxylic acids is 1. The van der Waals surface area contributed by atoms with Gasteiger partial charge in [0.1, 0.15) is 11.3 Å². The third kappa shape index (κ3) is 1.94. The molecule has 16 heavy (non-hydrogen) atoms. The van der Waals surface area contributed by atoms with Crippen molar-refractivity contribution in [1.29, 1.82) is 0 Å². The van der Waals surface area contributed by atoms with Gasteiger partial charge in [-0.2, -0.15) is 0 Å². The van der Waals surface area contributed by atoms with E-state index in [9.17, 15) is 9.90 Å². The topological polar surface area (TPSA) is 46.5 Å². The van der Waals surface area contributed by atoms with Crippen LogP contribution in [0.15, 0.2) is 23.8 Å². The summed E-state index contributed by atoms with van der Waals surface area (Å²) in [6.45, 7) is 2.04. The smallest absolute Gasteiger partial charge is 0.341 e. The number of hydrogen-bond donors (Lipinski definition) is 1. The van der Waals surface area contributed by atoms with Gasteiger partial charge in [-0.05, 0) is 43.0 Å². The van der Waals surface area contributed by atoms with Crippen molar-refractivity contribution < 1.29 is 14.6 Å². The van der Waals surface area contributed by atoms with E-state index >= 15 is 0 Å². The van der Waals surface area contributed by atoms with Crippen LogP contribution < -0.4 is 0 Å². The quantitative estimate of drug-likeness (QED) is 0.776. The molecule has 1 aliphatic rings. The highest BCUT2D eigenvalue weighted by molar-refractivity contribution is 5.93. The zero-order valence-electron chi connectivity index (χ0n) is 9.41. The largest absolute Gasteiger partial charge is 0.507 e. The standard InChI is InChI=1S/C13H14O3/c1-8(9-3-4-9)10-5-6-12(14)11(7-10)13(15)16-2/h5-7,14H,3-4H2,1-2H3. The minimum absolute atomic E-state index is 0.0378. The molecule has 84 valence electrons. The van der Waals surface area contributed by atoms with Gasteiger partial charge in [0.05, 0.1) is 7.11 Å². The minimum Gasteiger partial charge on any atom is -0.507 e. The Bertz CT molecular complexity index is 466. The molecule has 1 aromatic rings. The van der Waals surface area contributed by atoms with E-state index in [2.05, 4.69) is 4.74 Å². The van der Waals surface area contributed by atoms with E-state index in [4.69, 9.17) is 0 Å². The summed E-state index contributed by atoms with van der Waals surface area (Å²) in [7, 11) is 1.31. The molecule has 1 saturated carbocycles. The first-order chi connectivity index (χ1) is 7.63. The van der Waals surface area contributed by atoms with Crippen LogP contribution in [0.2, 0.25) is 0 Å². The Hall–Kier alpha value is -1.77. The van der Waals surface area contributed by atoms with Crippen LogP contribution in [-0.2, 0) is 4.74 Å². The highest BCUT2D eigenvalue weighted by atomic mass is 16.5. The lowest BCUT2D eigenvalue weighted by Gasteiger charge is -2.06. The van der Waals surface area contributed by atoms with Gasteiger partial charge in [-0.1, -0.05) is 11.6 Å². The predicted octanol–water partition coefficient (Wildman–Crippen LogP) is 2.75. The average Bonchev–Trinajstić information content (AvgIpc) is 3.11. The van der Waals surface area contributed by atoms with Gasteiger partial charge >= 0.3 is 5.97 Å². The van der Waals surface area contributed by atoms with Crippen LogP contribution >= 0.6 is 0 Å².